The van der Waals surface area contributed by atoms with Crippen LogP contribution in [0.4, 0.5) is 0 Å². The minimum Gasteiger partial charge on any atom is -0.493 e. The Morgan fingerprint density at radius 1 is 1.24 bits per heavy atom. The van der Waals surface area contributed by atoms with Gasteiger partial charge in [-0.15, -0.1) is 11.6 Å². The van der Waals surface area contributed by atoms with Gasteiger partial charge in [-0.3, -0.25) is 0 Å². The fourth-order valence-electron chi connectivity index (χ4n) is 2.04. The van der Waals surface area contributed by atoms with Gasteiger partial charge in [0.05, 0.1) is 6.61 Å². The number of ether oxygens (including phenoxy) is 1. The highest BCUT2D eigenvalue weighted by atomic mass is 35.5. The topological polar surface area (TPSA) is 9.23 Å². The Hall–Kier alpha value is -0.690. The molecule has 1 rings (SSSR count). The van der Waals surface area contributed by atoms with Gasteiger partial charge in [-0.05, 0) is 55.4 Å². The summed E-state index contributed by atoms with van der Waals surface area (Å²) in [6.45, 7) is 9.46. The van der Waals surface area contributed by atoms with Crippen molar-refractivity contribution in [1.82, 2.24) is 0 Å². The van der Waals surface area contributed by atoms with E-state index in [1.165, 1.54) is 16.7 Å². The standard InChI is InChI=1S/C15H23ClO/c1-5-10-17-15-7-6-14(11(2)8-9-16)12(3)13(15)4/h6-7,11H,5,8-10H2,1-4H3. The molecule has 1 aromatic carbocycles. The Morgan fingerprint density at radius 3 is 2.53 bits per heavy atom. The summed E-state index contributed by atoms with van der Waals surface area (Å²) in [5.74, 6) is 2.26. The summed E-state index contributed by atoms with van der Waals surface area (Å²) >= 11 is 5.81. The Morgan fingerprint density at radius 2 is 1.94 bits per heavy atom. The van der Waals surface area contributed by atoms with Gasteiger partial charge in [-0.2, -0.15) is 0 Å². The van der Waals surface area contributed by atoms with E-state index < -0.39 is 0 Å². The number of halogens is 1. The molecule has 0 amide bonds. The predicted octanol–water partition coefficient (Wildman–Crippen LogP) is 4.82. The third kappa shape index (κ3) is 3.64. The maximum atomic E-state index is 5.81. The quantitative estimate of drug-likeness (QED) is 0.661. The van der Waals surface area contributed by atoms with E-state index >= 15 is 0 Å². The molecular formula is C15H23ClO. The number of benzene rings is 1. The SMILES string of the molecule is CCCOc1ccc(C(C)CCCl)c(C)c1C. The van der Waals surface area contributed by atoms with Crippen molar-refractivity contribution < 1.29 is 4.74 Å². The minimum atomic E-state index is 0.520. The Bertz CT molecular complexity index is 360. The molecule has 0 spiro atoms. The average molecular weight is 255 g/mol. The van der Waals surface area contributed by atoms with E-state index in [-0.39, 0.29) is 0 Å². The highest BCUT2D eigenvalue weighted by Gasteiger charge is 2.12. The van der Waals surface area contributed by atoms with E-state index in [4.69, 9.17) is 16.3 Å². The highest BCUT2D eigenvalue weighted by molar-refractivity contribution is 6.17. The lowest BCUT2D eigenvalue weighted by atomic mass is 9.91. The van der Waals surface area contributed by atoms with Crippen LogP contribution in [0.1, 0.15) is 49.3 Å². The van der Waals surface area contributed by atoms with Gasteiger partial charge in [0.2, 0.25) is 0 Å². The fourth-order valence-corrected chi connectivity index (χ4v) is 2.37. The third-order valence-electron chi connectivity index (χ3n) is 3.31. The molecule has 0 aliphatic carbocycles. The number of hydrogen-bond acceptors (Lipinski definition) is 1. The number of hydrogen-bond donors (Lipinski definition) is 0. The first-order valence-corrected chi connectivity index (χ1v) is 6.94. The fraction of sp³-hybridized carbons (Fsp3) is 0.600. The van der Waals surface area contributed by atoms with Crippen LogP contribution in [-0.2, 0) is 0 Å². The number of rotatable bonds is 6. The smallest absolute Gasteiger partial charge is 0.122 e. The van der Waals surface area contributed by atoms with Crippen molar-refractivity contribution in [2.75, 3.05) is 12.5 Å². The Kier molecular flexibility index (Phi) is 5.84. The molecule has 1 atom stereocenters. The molecular weight excluding hydrogens is 232 g/mol. The van der Waals surface area contributed by atoms with Crippen LogP contribution in [0.3, 0.4) is 0 Å². The van der Waals surface area contributed by atoms with Crippen molar-refractivity contribution in [2.24, 2.45) is 0 Å². The molecule has 0 aromatic heterocycles. The molecule has 0 radical (unpaired) electrons. The zero-order valence-corrected chi connectivity index (χ0v) is 12.1. The van der Waals surface area contributed by atoms with Crippen molar-refractivity contribution in [3.8, 4) is 5.75 Å². The van der Waals surface area contributed by atoms with E-state index in [1.807, 2.05) is 0 Å². The maximum absolute atomic E-state index is 5.81. The average Bonchev–Trinajstić information content (AvgIpc) is 2.31. The molecule has 0 aliphatic heterocycles. The molecule has 0 heterocycles. The van der Waals surface area contributed by atoms with E-state index in [0.717, 1.165) is 25.2 Å². The lowest BCUT2D eigenvalue weighted by Crippen LogP contribution is -2.03. The minimum absolute atomic E-state index is 0.520. The lowest BCUT2D eigenvalue weighted by Gasteiger charge is -2.18. The first kappa shape index (κ1) is 14.4. The summed E-state index contributed by atoms with van der Waals surface area (Å²) in [6.07, 6.45) is 2.07. The van der Waals surface area contributed by atoms with Gasteiger partial charge in [-0.1, -0.05) is 19.9 Å². The maximum Gasteiger partial charge on any atom is 0.122 e. The molecule has 0 bridgehead atoms. The van der Waals surface area contributed by atoms with Crippen LogP contribution in [0.15, 0.2) is 12.1 Å². The second kappa shape index (κ2) is 6.90. The predicted molar refractivity (Wildman–Crippen MR) is 75.5 cm³/mol. The monoisotopic (exact) mass is 254 g/mol. The third-order valence-corrected chi connectivity index (χ3v) is 3.53. The first-order valence-electron chi connectivity index (χ1n) is 6.40. The molecule has 2 heteroatoms. The van der Waals surface area contributed by atoms with Gasteiger partial charge >= 0.3 is 0 Å². The van der Waals surface area contributed by atoms with E-state index in [0.29, 0.717) is 11.8 Å². The van der Waals surface area contributed by atoms with Gasteiger partial charge in [0.15, 0.2) is 0 Å². The summed E-state index contributed by atoms with van der Waals surface area (Å²) in [7, 11) is 0. The lowest BCUT2D eigenvalue weighted by molar-refractivity contribution is 0.315. The van der Waals surface area contributed by atoms with Crippen LogP contribution < -0.4 is 4.74 Å². The van der Waals surface area contributed by atoms with Gasteiger partial charge < -0.3 is 4.74 Å². The van der Waals surface area contributed by atoms with Crippen molar-refractivity contribution in [3.63, 3.8) is 0 Å². The van der Waals surface area contributed by atoms with Crippen LogP contribution in [0.2, 0.25) is 0 Å². The summed E-state index contributed by atoms with van der Waals surface area (Å²) < 4.78 is 5.74. The summed E-state index contributed by atoms with van der Waals surface area (Å²) in [4.78, 5) is 0. The van der Waals surface area contributed by atoms with Gasteiger partial charge in [0.1, 0.15) is 5.75 Å². The largest absolute Gasteiger partial charge is 0.493 e. The molecule has 17 heavy (non-hydrogen) atoms. The van der Waals surface area contributed by atoms with Crippen LogP contribution in [-0.4, -0.2) is 12.5 Å². The second-order valence-corrected chi connectivity index (χ2v) is 5.01. The van der Waals surface area contributed by atoms with Crippen LogP contribution in [0.5, 0.6) is 5.75 Å². The van der Waals surface area contributed by atoms with Crippen molar-refractivity contribution >= 4 is 11.6 Å². The van der Waals surface area contributed by atoms with Gasteiger partial charge in [0, 0.05) is 5.88 Å². The molecule has 1 nitrogen and oxygen atoms in total. The van der Waals surface area contributed by atoms with Gasteiger partial charge in [0.25, 0.3) is 0 Å². The zero-order chi connectivity index (χ0) is 12.8. The summed E-state index contributed by atoms with van der Waals surface area (Å²) in [5.41, 5.74) is 4.00. The van der Waals surface area contributed by atoms with E-state index in [9.17, 15) is 0 Å². The second-order valence-electron chi connectivity index (χ2n) is 4.63. The van der Waals surface area contributed by atoms with Gasteiger partial charge in [-0.25, -0.2) is 0 Å². The molecule has 1 unspecified atom stereocenters. The summed E-state index contributed by atoms with van der Waals surface area (Å²) in [5, 5.41) is 0. The molecule has 0 N–H and O–H groups in total. The highest BCUT2D eigenvalue weighted by Crippen LogP contribution is 2.30. The number of alkyl halides is 1. The molecule has 0 fully saturated rings. The Labute approximate surface area is 110 Å². The normalized spacial score (nSPS) is 12.5. The molecule has 0 aliphatic rings. The molecule has 0 saturated heterocycles. The van der Waals surface area contributed by atoms with Crippen LogP contribution in [0.25, 0.3) is 0 Å². The van der Waals surface area contributed by atoms with Crippen molar-refractivity contribution in [2.45, 2.75) is 46.5 Å². The zero-order valence-electron chi connectivity index (χ0n) is 11.3. The van der Waals surface area contributed by atoms with Crippen molar-refractivity contribution in [1.29, 1.82) is 0 Å². The van der Waals surface area contributed by atoms with Crippen molar-refractivity contribution in [3.05, 3.63) is 28.8 Å². The Balaban J connectivity index is 2.93. The van der Waals surface area contributed by atoms with Crippen LogP contribution in [0, 0.1) is 13.8 Å². The van der Waals surface area contributed by atoms with E-state index in [1.54, 1.807) is 0 Å². The first-order chi connectivity index (χ1) is 8.11. The molecule has 0 saturated carbocycles. The molecule has 1 aromatic rings. The molecule has 96 valence electrons. The summed E-state index contributed by atoms with van der Waals surface area (Å²) in [6, 6.07) is 4.28. The van der Waals surface area contributed by atoms with Crippen LogP contribution >= 0.6 is 11.6 Å². The van der Waals surface area contributed by atoms with E-state index in [2.05, 4.69) is 39.8 Å².